The third-order valence-corrected chi connectivity index (χ3v) is 1.01. The first-order valence-corrected chi connectivity index (χ1v) is 1.97. The Labute approximate surface area is 36.7 Å². The Bertz CT molecular complexity index is 94.1. The van der Waals surface area contributed by atoms with Crippen molar-refractivity contribution in [2.45, 2.75) is 6.42 Å². The summed E-state index contributed by atoms with van der Waals surface area (Å²) in [5, 5.41) is 0. The number of aldehydes is 1. The highest BCUT2D eigenvalue weighted by atomic mass is 16.1. The minimum absolute atomic E-state index is 0.227. The summed E-state index contributed by atoms with van der Waals surface area (Å²) in [5.74, 6) is 0.227. The van der Waals surface area contributed by atoms with Crippen LogP contribution < -0.4 is 0 Å². The van der Waals surface area contributed by atoms with E-state index >= 15 is 0 Å². The Balaban J connectivity index is 2.44. The number of allylic oxidation sites excluding steroid dienone is 1. The summed E-state index contributed by atoms with van der Waals surface area (Å²) in [4.78, 5) is 9.72. The van der Waals surface area contributed by atoms with Gasteiger partial charge in [-0.15, -0.1) is 0 Å². The van der Waals surface area contributed by atoms with Gasteiger partial charge in [-0.1, -0.05) is 12.2 Å². The van der Waals surface area contributed by atoms with Gasteiger partial charge >= 0.3 is 0 Å². The largest absolute Gasteiger partial charge is 0.303 e. The Kier molecular flexibility index (Phi) is 0.560. The van der Waals surface area contributed by atoms with E-state index in [9.17, 15) is 4.79 Å². The maximum Gasteiger partial charge on any atom is 0.127 e. The molecule has 1 fully saturated rings. The SMILES string of the molecule is C=C1C[C@H]1C=O. The van der Waals surface area contributed by atoms with Crippen molar-refractivity contribution >= 4 is 6.29 Å². The van der Waals surface area contributed by atoms with E-state index in [1.807, 2.05) is 0 Å². The Hall–Kier alpha value is -0.590. The van der Waals surface area contributed by atoms with Crippen LogP contribution in [-0.2, 0) is 4.79 Å². The number of carbonyl (C=O) groups is 1. The molecule has 0 bridgehead atoms. The van der Waals surface area contributed by atoms with Gasteiger partial charge in [0.25, 0.3) is 0 Å². The van der Waals surface area contributed by atoms with Crippen LogP contribution in [0, 0.1) is 5.92 Å². The second-order valence-electron chi connectivity index (χ2n) is 1.60. The summed E-state index contributed by atoms with van der Waals surface area (Å²) in [7, 11) is 0. The molecule has 0 aliphatic heterocycles. The lowest BCUT2D eigenvalue weighted by Crippen LogP contribution is -1.68. The molecule has 0 spiro atoms. The van der Waals surface area contributed by atoms with Crippen LogP contribution >= 0.6 is 0 Å². The van der Waals surface area contributed by atoms with Gasteiger partial charge in [0.2, 0.25) is 0 Å². The first kappa shape index (κ1) is 3.59. The van der Waals surface area contributed by atoms with E-state index in [4.69, 9.17) is 0 Å². The first-order valence-electron chi connectivity index (χ1n) is 1.97. The molecule has 1 heteroatoms. The summed E-state index contributed by atoms with van der Waals surface area (Å²) >= 11 is 0. The summed E-state index contributed by atoms with van der Waals surface area (Å²) in [6, 6.07) is 0. The molecule has 1 saturated carbocycles. The number of carbonyl (C=O) groups excluding carboxylic acids is 1. The summed E-state index contributed by atoms with van der Waals surface area (Å²) in [5.41, 5.74) is 1.09. The molecule has 0 aromatic carbocycles. The molecular formula is C5H6O. The number of hydrogen-bond acceptors (Lipinski definition) is 1. The van der Waals surface area contributed by atoms with Gasteiger partial charge in [-0.25, -0.2) is 0 Å². The zero-order chi connectivity index (χ0) is 4.57. The molecule has 1 atom stereocenters. The molecule has 0 saturated heterocycles. The quantitative estimate of drug-likeness (QED) is 0.337. The lowest BCUT2D eigenvalue weighted by molar-refractivity contribution is -0.108. The van der Waals surface area contributed by atoms with Crippen molar-refractivity contribution in [1.29, 1.82) is 0 Å². The van der Waals surface area contributed by atoms with Gasteiger partial charge in [-0.3, -0.25) is 0 Å². The van der Waals surface area contributed by atoms with E-state index in [0.29, 0.717) is 0 Å². The third kappa shape index (κ3) is 0.361. The fourth-order valence-corrected chi connectivity index (χ4v) is 0.368. The van der Waals surface area contributed by atoms with Crippen LogP contribution in [0.2, 0.25) is 0 Å². The maximum absolute atomic E-state index is 9.72. The molecule has 1 nitrogen and oxygen atoms in total. The van der Waals surface area contributed by atoms with Crippen molar-refractivity contribution in [3.8, 4) is 0 Å². The van der Waals surface area contributed by atoms with Gasteiger partial charge < -0.3 is 4.79 Å². The van der Waals surface area contributed by atoms with Crippen LogP contribution in [0.1, 0.15) is 6.42 Å². The standard InChI is InChI=1S/C5H6O/c1-4-2-5(4)3-6/h3,5H,1-2H2/t5-/m0/s1. The smallest absolute Gasteiger partial charge is 0.127 e. The predicted octanol–water partition coefficient (Wildman–Crippen LogP) is 0.761. The summed E-state index contributed by atoms with van der Waals surface area (Å²) in [6.07, 6.45) is 1.88. The van der Waals surface area contributed by atoms with Crippen LogP contribution in [0.3, 0.4) is 0 Å². The number of rotatable bonds is 1. The van der Waals surface area contributed by atoms with E-state index in [1.54, 1.807) is 0 Å². The van der Waals surface area contributed by atoms with Gasteiger partial charge in [-0.2, -0.15) is 0 Å². The average Bonchev–Trinajstić information content (AvgIpc) is 2.19. The van der Waals surface area contributed by atoms with E-state index < -0.39 is 0 Å². The Morgan fingerprint density at radius 1 is 2.00 bits per heavy atom. The fourth-order valence-electron chi connectivity index (χ4n) is 0.368. The monoisotopic (exact) mass is 82.0 g/mol. The van der Waals surface area contributed by atoms with Crippen molar-refractivity contribution in [2.24, 2.45) is 5.92 Å². The van der Waals surface area contributed by atoms with E-state index in [2.05, 4.69) is 6.58 Å². The average molecular weight is 82.1 g/mol. The molecule has 1 aliphatic carbocycles. The highest BCUT2D eigenvalue weighted by Crippen LogP contribution is 2.32. The molecule has 0 aromatic heterocycles. The minimum atomic E-state index is 0.227. The molecule has 0 radical (unpaired) electrons. The summed E-state index contributed by atoms with van der Waals surface area (Å²) < 4.78 is 0. The molecule has 32 valence electrons. The van der Waals surface area contributed by atoms with E-state index in [0.717, 1.165) is 18.3 Å². The highest BCUT2D eigenvalue weighted by molar-refractivity contribution is 5.65. The van der Waals surface area contributed by atoms with Gasteiger partial charge in [0.05, 0.1) is 0 Å². The molecule has 0 aromatic rings. The van der Waals surface area contributed by atoms with Crippen LogP contribution in [0.4, 0.5) is 0 Å². The van der Waals surface area contributed by atoms with Gasteiger partial charge in [0.15, 0.2) is 0 Å². The third-order valence-electron chi connectivity index (χ3n) is 1.01. The maximum atomic E-state index is 9.72. The normalized spacial score (nSPS) is 30.0. The molecule has 6 heavy (non-hydrogen) atoms. The van der Waals surface area contributed by atoms with Crippen LogP contribution in [-0.4, -0.2) is 6.29 Å². The van der Waals surface area contributed by atoms with Gasteiger partial charge in [0, 0.05) is 5.92 Å². The van der Waals surface area contributed by atoms with Crippen LogP contribution in [0.5, 0.6) is 0 Å². The molecule has 0 N–H and O–H groups in total. The zero-order valence-electron chi connectivity index (χ0n) is 3.48. The summed E-state index contributed by atoms with van der Waals surface area (Å²) in [6.45, 7) is 3.59. The molecule has 0 heterocycles. The lowest BCUT2D eigenvalue weighted by atomic mass is 10.5. The molecule has 1 rings (SSSR count). The van der Waals surface area contributed by atoms with Crippen molar-refractivity contribution in [1.82, 2.24) is 0 Å². The molecule has 1 aliphatic rings. The molecular weight excluding hydrogens is 76.1 g/mol. The van der Waals surface area contributed by atoms with E-state index in [1.165, 1.54) is 0 Å². The van der Waals surface area contributed by atoms with Crippen molar-refractivity contribution in [3.05, 3.63) is 12.2 Å². The zero-order valence-corrected chi connectivity index (χ0v) is 3.48. The Morgan fingerprint density at radius 2 is 2.50 bits per heavy atom. The Morgan fingerprint density at radius 3 is 2.50 bits per heavy atom. The van der Waals surface area contributed by atoms with Crippen molar-refractivity contribution in [2.75, 3.05) is 0 Å². The van der Waals surface area contributed by atoms with Crippen LogP contribution in [0.25, 0.3) is 0 Å². The van der Waals surface area contributed by atoms with E-state index in [-0.39, 0.29) is 5.92 Å². The predicted molar refractivity (Wildman–Crippen MR) is 23.3 cm³/mol. The molecule has 0 amide bonds. The number of hydrogen-bond donors (Lipinski definition) is 0. The second kappa shape index (κ2) is 0.934. The minimum Gasteiger partial charge on any atom is -0.303 e. The lowest BCUT2D eigenvalue weighted by Gasteiger charge is -1.59. The van der Waals surface area contributed by atoms with Crippen molar-refractivity contribution in [3.63, 3.8) is 0 Å². The molecule has 0 unspecified atom stereocenters. The fraction of sp³-hybridized carbons (Fsp3) is 0.400. The first-order chi connectivity index (χ1) is 2.84. The second-order valence-corrected chi connectivity index (χ2v) is 1.60. The topological polar surface area (TPSA) is 17.1 Å². The van der Waals surface area contributed by atoms with Crippen LogP contribution in [0.15, 0.2) is 12.2 Å². The van der Waals surface area contributed by atoms with Gasteiger partial charge in [-0.05, 0) is 6.42 Å². The van der Waals surface area contributed by atoms with Crippen molar-refractivity contribution < 1.29 is 4.79 Å². The van der Waals surface area contributed by atoms with Gasteiger partial charge in [0.1, 0.15) is 6.29 Å². The highest BCUT2D eigenvalue weighted by Gasteiger charge is 2.25.